The molecule has 0 spiro atoms. The first kappa shape index (κ1) is 20.6. The van der Waals surface area contributed by atoms with Crippen LogP contribution in [0, 0.1) is 11.8 Å². The summed E-state index contributed by atoms with van der Waals surface area (Å²) in [6.45, 7) is 5.01. The molecule has 1 aromatic rings. The highest BCUT2D eigenvalue weighted by Gasteiger charge is 2.23. The van der Waals surface area contributed by atoms with E-state index in [0.717, 1.165) is 18.8 Å². The summed E-state index contributed by atoms with van der Waals surface area (Å²) in [5, 5.41) is 5.42. The van der Waals surface area contributed by atoms with Crippen LogP contribution >= 0.6 is 36.2 Å². The summed E-state index contributed by atoms with van der Waals surface area (Å²) in [7, 11) is 1.87. The van der Waals surface area contributed by atoms with Gasteiger partial charge < -0.3 is 10.2 Å². The molecule has 0 aromatic carbocycles. The van der Waals surface area contributed by atoms with Gasteiger partial charge in [0, 0.05) is 18.8 Å². The molecule has 1 aliphatic rings. The van der Waals surface area contributed by atoms with E-state index in [4.69, 9.17) is 0 Å². The number of rotatable bonds is 5. The monoisotopic (exact) mass is 353 g/mol. The molecule has 1 aromatic heterocycles. The largest absolute Gasteiger partial charge is 0.340 e. The molecule has 2 unspecified atom stereocenters. The smallest absolute Gasteiger partial charge is 0.222 e. The Labute approximate surface area is 143 Å². The van der Waals surface area contributed by atoms with Gasteiger partial charge in [-0.3, -0.25) is 4.79 Å². The highest BCUT2D eigenvalue weighted by molar-refractivity contribution is 7.07. The van der Waals surface area contributed by atoms with Crippen molar-refractivity contribution in [2.45, 2.75) is 32.7 Å². The fraction of sp³-hybridized carbons (Fsp3) is 0.714. The molecule has 1 fully saturated rings. The number of carbonyl (C=O) groups excluding carboxylic acids is 1. The van der Waals surface area contributed by atoms with Gasteiger partial charge in [0.25, 0.3) is 0 Å². The van der Waals surface area contributed by atoms with E-state index in [-0.39, 0.29) is 30.7 Å². The van der Waals surface area contributed by atoms with Crippen molar-refractivity contribution in [2.24, 2.45) is 11.8 Å². The molecule has 1 saturated heterocycles. The minimum absolute atomic E-state index is 0. The Morgan fingerprint density at radius 2 is 2.33 bits per heavy atom. The van der Waals surface area contributed by atoms with E-state index < -0.39 is 0 Å². The van der Waals surface area contributed by atoms with Gasteiger partial charge in [0.1, 0.15) is 0 Å². The number of nitrogens with one attached hydrogen (secondary N) is 1. The molecule has 0 aliphatic carbocycles. The molecule has 1 aliphatic heterocycles. The zero-order valence-electron chi connectivity index (χ0n) is 12.6. The molecule has 4 nitrogen and oxygen atoms in total. The molecule has 2 atom stereocenters. The first-order chi connectivity index (χ1) is 9.16. The predicted molar refractivity (Wildman–Crippen MR) is 92.5 cm³/mol. The zero-order valence-corrected chi connectivity index (χ0v) is 15.0. The first-order valence-electron chi connectivity index (χ1n) is 6.98. The average Bonchev–Trinajstić information content (AvgIpc) is 2.92. The molecule has 2 rings (SSSR count). The first-order valence-corrected chi connectivity index (χ1v) is 7.93. The third-order valence-corrected chi connectivity index (χ3v) is 4.58. The van der Waals surface area contributed by atoms with Crippen molar-refractivity contribution >= 4 is 42.1 Å². The van der Waals surface area contributed by atoms with Crippen LogP contribution in [-0.4, -0.2) is 35.9 Å². The van der Waals surface area contributed by atoms with Crippen LogP contribution in [-0.2, 0) is 11.3 Å². The number of thiazole rings is 1. The number of piperidine rings is 1. The van der Waals surface area contributed by atoms with E-state index in [1.165, 1.54) is 12.8 Å². The van der Waals surface area contributed by atoms with Crippen LogP contribution in [0.3, 0.4) is 0 Å². The van der Waals surface area contributed by atoms with Crippen LogP contribution in [0.4, 0.5) is 0 Å². The van der Waals surface area contributed by atoms with Crippen molar-refractivity contribution in [1.29, 1.82) is 0 Å². The maximum Gasteiger partial charge on any atom is 0.222 e. The standard InChI is InChI=1S/C14H23N3OS.2ClH/c1-11(12-4-3-5-15-7-12)6-14(18)17(2)8-13-9-19-10-16-13;;/h9-12,15H,3-8H2,1-2H3;2*1H. The fourth-order valence-corrected chi connectivity index (χ4v) is 3.16. The number of nitrogens with zero attached hydrogens (tertiary/aromatic N) is 2. The molecule has 0 radical (unpaired) electrons. The summed E-state index contributed by atoms with van der Waals surface area (Å²) >= 11 is 1.57. The highest BCUT2D eigenvalue weighted by atomic mass is 35.5. The predicted octanol–water partition coefficient (Wildman–Crippen LogP) is 2.97. The molecule has 1 N–H and O–H groups in total. The van der Waals surface area contributed by atoms with Gasteiger partial charge in [0.15, 0.2) is 0 Å². The van der Waals surface area contributed by atoms with Gasteiger partial charge in [-0.1, -0.05) is 6.92 Å². The molecular formula is C14H25Cl2N3OS. The second-order valence-corrected chi connectivity index (χ2v) is 6.24. The summed E-state index contributed by atoms with van der Waals surface area (Å²) in [5.41, 5.74) is 2.79. The van der Waals surface area contributed by atoms with Gasteiger partial charge in [-0.15, -0.1) is 36.2 Å². The van der Waals surface area contributed by atoms with Crippen molar-refractivity contribution in [3.63, 3.8) is 0 Å². The third kappa shape index (κ3) is 6.51. The van der Waals surface area contributed by atoms with Gasteiger partial charge in [0.2, 0.25) is 5.91 Å². The third-order valence-electron chi connectivity index (χ3n) is 3.94. The topological polar surface area (TPSA) is 45.2 Å². The highest BCUT2D eigenvalue weighted by Crippen LogP contribution is 2.23. The normalized spacial score (nSPS) is 19.0. The van der Waals surface area contributed by atoms with Gasteiger partial charge in [-0.05, 0) is 37.8 Å². The lowest BCUT2D eigenvalue weighted by Crippen LogP contribution is -2.36. The summed E-state index contributed by atoms with van der Waals surface area (Å²) in [6.07, 6.45) is 3.13. The lowest BCUT2D eigenvalue weighted by Gasteiger charge is -2.29. The SMILES string of the molecule is CC(CC(=O)N(C)Cc1cscn1)C1CCCNC1.Cl.Cl. The fourth-order valence-electron chi connectivity index (χ4n) is 2.61. The summed E-state index contributed by atoms with van der Waals surface area (Å²) in [5.74, 6) is 1.33. The number of halogens is 2. The lowest BCUT2D eigenvalue weighted by atomic mass is 9.85. The van der Waals surface area contributed by atoms with Gasteiger partial charge in [-0.2, -0.15) is 0 Å². The Bertz CT molecular complexity index is 397. The Kier molecular flexibility index (Phi) is 10.2. The number of aromatic nitrogens is 1. The molecule has 0 saturated carbocycles. The molecular weight excluding hydrogens is 329 g/mol. The van der Waals surface area contributed by atoms with Crippen LogP contribution in [0.25, 0.3) is 0 Å². The zero-order chi connectivity index (χ0) is 13.7. The van der Waals surface area contributed by atoms with E-state index in [2.05, 4.69) is 17.2 Å². The van der Waals surface area contributed by atoms with E-state index in [1.807, 2.05) is 17.9 Å². The van der Waals surface area contributed by atoms with Crippen molar-refractivity contribution in [3.05, 3.63) is 16.6 Å². The number of hydrogen-bond acceptors (Lipinski definition) is 4. The molecule has 21 heavy (non-hydrogen) atoms. The van der Waals surface area contributed by atoms with Crippen molar-refractivity contribution in [1.82, 2.24) is 15.2 Å². The van der Waals surface area contributed by atoms with Crippen LogP contribution in [0.2, 0.25) is 0 Å². The van der Waals surface area contributed by atoms with Crippen LogP contribution in [0.1, 0.15) is 31.9 Å². The Hall–Kier alpha value is -0.360. The van der Waals surface area contributed by atoms with Crippen LogP contribution in [0.15, 0.2) is 10.9 Å². The maximum atomic E-state index is 12.2. The second kappa shape index (κ2) is 10.4. The Morgan fingerprint density at radius 1 is 1.57 bits per heavy atom. The summed E-state index contributed by atoms with van der Waals surface area (Å²) < 4.78 is 0. The van der Waals surface area contributed by atoms with E-state index >= 15 is 0 Å². The Balaban J connectivity index is 0.00000200. The van der Waals surface area contributed by atoms with E-state index in [1.54, 1.807) is 16.2 Å². The van der Waals surface area contributed by atoms with E-state index in [9.17, 15) is 4.79 Å². The van der Waals surface area contributed by atoms with Crippen LogP contribution < -0.4 is 5.32 Å². The van der Waals surface area contributed by atoms with Gasteiger partial charge >= 0.3 is 0 Å². The molecule has 1 amide bonds. The quantitative estimate of drug-likeness (QED) is 0.884. The Morgan fingerprint density at radius 3 is 2.90 bits per heavy atom. The summed E-state index contributed by atoms with van der Waals surface area (Å²) in [4.78, 5) is 18.2. The minimum atomic E-state index is 0. The molecule has 122 valence electrons. The van der Waals surface area contributed by atoms with Gasteiger partial charge in [-0.25, -0.2) is 4.98 Å². The molecule has 0 bridgehead atoms. The van der Waals surface area contributed by atoms with E-state index in [0.29, 0.717) is 24.8 Å². The maximum absolute atomic E-state index is 12.2. The molecule has 2 heterocycles. The van der Waals surface area contributed by atoms with Crippen molar-refractivity contribution in [2.75, 3.05) is 20.1 Å². The van der Waals surface area contributed by atoms with Crippen molar-refractivity contribution in [3.8, 4) is 0 Å². The summed E-state index contributed by atoms with van der Waals surface area (Å²) in [6, 6.07) is 0. The number of hydrogen-bond donors (Lipinski definition) is 1. The number of carbonyl (C=O) groups is 1. The molecule has 7 heteroatoms. The lowest BCUT2D eigenvalue weighted by molar-refractivity contribution is -0.131. The minimum Gasteiger partial charge on any atom is -0.340 e. The average molecular weight is 354 g/mol. The van der Waals surface area contributed by atoms with Crippen LogP contribution in [0.5, 0.6) is 0 Å². The van der Waals surface area contributed by atoms with Crippen molar-refractivity contribution < 1.29 is 4.79 Å². The number of amides is 1. The van der Waals surface area contributed by atoms with Gasteiger partial charge in [0.05, 0.1) is 17.7 Å². The second-order valence-electron chi connectivity index (χ2n) is 5.52.